The van der Waals surface area contributed by atoms with Crippen LogP contribution >= 0.6 is 0 Å². The Labute approximate surface area is 174 Å². The zero-order chi connectivity index (χ0) is 21.2. The first-order chi connectivity index (χ1) is 13.7. The Bertz CT molecular complexity index is 999. The third-order valence-electron chi connectivity index (χ3n) is 5.57. The molecule has 0 radical (unpaired) electrons. The molecule has 0 aromatic heterocycles. The molecule has 1 amide bonds. The average molecular weight is 415 g/mol. The summed E-state index contributed by atoms with van der Waals surface area (Å²) in [6.45, 7) is 8.41. The van der Waals surface area contributed by atoms with Crippen molar-refractivity contribution >= 4 is 15.9 Å². The Balaban J connectivity index is 1.93. The molecule has 0 saturated carbocycles. The molecule has 1 aliphatic rings. The maximum absolute atomic E-state index is 12.7. The van der Waals surface area contributed by atoms with E-state index in [2.05, 4.69) is 43.4 Å². The first-order valence-electron chi connectivity index (χ1n) is 10.1. The summed E-state index contributed by atoms with van der Waals surface area (Å²) in [5, 5.41) is 2.39. The standard InChI is InChI=1S/C23H30N2O3S/c1-16(2)29(27,28)25-12-11-24-23(26)20(15-25)14-19-7-5-6-8-22(19)21-10-9-17(3)13-18(21)4/h5-10,13,16,20H,11-12,14-15H2,1-4H3,(H,24,26)/t20-/m1/s1. The highest BCUT2D eigenvalue weighted by molar-refractivity contribution is 7.89. The number of nitrogens with one attached hydrogen (secondary N) is 1. The van der Waals surface area contributed by atoms with Crippen molar-refractivity contribution in [3.8, 4) is 11.1 Å². The Hall–Kier alpha value is -2.18. The summed E-state index contributed by atoms with van der Waals surface area (Å²) in [4.78, 5) is 12.7. The molecule has 1 heterocycles. The molecule has 5 nitrogen and oxygen atoms in total. The van der Waals surface area contributed by atoms with Crippen molar-refractivity contribution in [2.45, 2.75) is 39.4 Å². The van der Waals surface area contributed by atoms with Crippen LogP contribution in [0.3, 0.4) is 0 Å². The summed E-state index contributed by atoms with van der Waals surface area (Å²) in [6, 6.07) is 14.4. The molecule has 29 heavy (non-hydrogen) atoms. The predicted molar refractivity (Wildman–Crippen MR) is 117 cm³/mol. The van der Waals surface area contributed by atoms with Crippen LogP contribution in [-0.4, -0.2) is 43.5 Å². The molecule has 2 aromatic carbocycles. The Morgan fingerprint density at radius 2 is 1.83 bits per heavy atom. The number of carbonyl (C=O) groups is 1. The second kappa shape index (κ2) is 8.67. The largest absolute Gasteiger partial charge is 0.354 e. The summed E-state index contributed by atoms with van der Waals surface area (Å²) < 4.78 is 26.9. The predicted octanol–water partition coefficient (Wildman–Crippen LogP) is 3.30. The van der Waals surface area contributed by atoms with Gasteiger partial charge in [0.15, 0.2) is 0 Å². The molecular formula is C23H30N2O3S. The fraction of sp³-hybridized carbons (Fsp3) is 0.435. The van der Waals surface area contributed by atoms with Gasteiger partial charge in [-0.15, -0.1) is 0 Å². The normalized spacial score (nSPS) is 18.5. The number of aryl methyl sites for hydroxylation is 2. The van der Waals surface area contributed by atoms with Gasteiger partial charge < -0.3 is 5.32 Å². The minimum Gasteiger partial charge on any atom is -0.354 e. The van der Waals surface area contributed by atoms with Gasteiger partial charge in [-0.25, -0.2) is 8.42 Å². The lowest BCUT2D eigenvalue weighted by atomic mass is 9.89. The van der Waals surface area contributed by atoms with Gasteiger partial charge in [-0.3, -0.25) is 4.79 Å². The first-order valence-corrected chi connectivity index (χ1v) is 11.6. The van der Waals surface area contributed by atoms with Crippen molar-refractivity contribution in [1.82, 2.24) is 9.62 Å². The minimum atomic E-state index is -3.40. The number of benzene rings is 2. The lowest BCUT2D eigenvalue weighted by molar-refractivity contribution is -0.124. The van der Waals surface area contributed by atoms with E-state index in [1.165, 1.54) is 15.4 Å². The zero-order valence-electron chi connectivity index (χ0n) is 17.6. The molecule has 1 atom stereocenters. The van der Waals surface area contributed by atoms with Crippen LogP contribution in [0, 0.1) is 19.8 Å². The highest BCUT2D eigenvalue weighted by Crippen LogP contribution is 2.30. The van der Waals surface area contributed by atoms with Gasteiger partial charge in [0.2, 0.25) is 15.9 Å². The number of sulfonamides is 1. The van der Waals surface area contributed by atoms with Gasteiger partial charge in [0.25, 0.3) is 0 Å². The van der Waals surface area contributed by atoms with Gasteiger partial charge in [-0.2, -0.15) is 4.31 Å². The fourth-order valence-electron chi connectivity index (χ4n) is 3.90. The maximum atomic E-state index is 12.7. The molecular weight excluding hydrogens is 384 g/mol. The smallest absolute Gasteiger partial charge is 0.224 e. The number of hydrogen-bond acceptors (Lipinski definition) is 3. The molecule has 1 N–H and O–H groups in total. The molecule has 1 fully saturated rings. The van der Waals surface area contributed by atoms with E-state index in [1.54, 1.807) is 13.8 Å². The van der Waals surface area contributed by atoms with E-state index in [-0.39, 0.29) is 12.5 Å². The lowest BCUT2D eigenvalue weighted by Crippen LogP contribution is -2.40. The topological polar surface area (TPSA) is 66.5 Å². The Morgan fingerprint density at radius 1 is 1.10 bits per heavy atom. The van der Waals surface area contributed by atoms with Crippen LogP contribution < -0.4 is 5.32 Å². The number of hydrogen-bond donors (Lipinski definition) is 1. The number of nitrogens with zero attached hydrogens (tertiary/aromatic N) is 1. The van der Waals surface area contributed by atoms with Crippen LogP contribution in [0.2, 0.25) is 0 Å². The van der Waals surface area contributed by atoms with Crippen molar-refractivity contribution in [2.24, 2.45) is 5.92 Å². The third-order valence-corrected chi connectivity index (χ3v) is 7.81. The Kier molecular flexibility index (Phi) is 6.44. The summed E-state index contributed by atoms with van der Waals surface area (Å²) in [5.41, 5.74) is 5.70. The van der Waals surface area contributed by atoms with Crippen molar-refractivity contribution in [3.05, 3.63) is 59.2 Å². The van der Waals surface area contributed by atoms with Crippen molar-refractivity contribution in [2.75, 3.05) is 19.6 Å². The molecule has 156 valence electrons. The highest BCUT2D eigenvalue weighted by atomic mass is 32.2. The summed E-state index contributed by atoms with van der Waals surface area (Å²) in [6.07, 6.45) is 0.499. The van der Waals surface area contributed by atoms with E-state index in [4.69, 9.17) is 0 Å². The molecule has 3 rings (SSSR count). The summed E-state index contributed by atoms with van der Waals surface area (Å²) in [7, 11) is -3.40. The van der Waals surface area contributed by atoms with Gasteiger partial charge in [0.1, 0.15) is 0 Å². The third kappa shape index (κ3) is 4.70. The summed E-state index contributed by atoms with van der Waals surface area (Å²) in [5.74, 6) is -0.500. The van der Waals surface area contributed by atoms with E-state index in [1.807, 2.05) is 18.2 Å². The van der Waals surface area contributed by atoms with Crippen LogP contribution in [0.5, 0.6) is 0 Å². The Morgan fingerprint density at radius 3 is 2.52 bits per heavy atom. The fourth-order valence-corrected chi connectivity index (χ4v) is 5.23. The van der Waals surface area contributed by atoms with Crippen LogP contribution in [0.15, 0.2) is 42.5 Å². The van der Waals surface area contributed by atoms with Crippen molar-refractivity contribution in [3.63, 3.8) is 0 Å². The van der Waals surface area contributed by atoms with E-state index >= 15 is 0 Å². The molecule has 0 aliphatic carbocycles. The minimum absolute atomic E-state index is 0.0816. The number of amides is 1. The monoisotopic (exact) mass is 414 g/mol. The number of carbonyl (C=O) groups excluding carboxylic acids is 1. The molecule has 1 saturated heterocycles. The van der Waals surface area contributed by atoms with Crippen LogP contribution in [0.4, 0.5) is 0 Å². The van der Waals surface area contributed by atoms with Gasteiger partial charge >= 0.3 is 0 Å². The SMILES string of the molecule is Cc1ccc(-c2ccccc2C[C@@H]2CN(S(=O)(=O)C(C)C)CCNC2=O)c(C)c1. The molecule has 6 heteroatoms. The molecule has 2 aromatic rings. The maximum Gasteiger partial charge on any atom is 0.224 e. The van der Waals surface area contributed by atoms with E-state index in [9.17, 15) is 13.2 Å². The van der Waals surface area contributed by atoms with Crippen LogP contribution in [-0.2, 0) is 21.2 Å². The summed E-state index contributed by atoms with van der Waals surface area (Å²) >= 11 is 0. The zero-order valence-corrected chi connectivity index (χ0v) is 18.4. The quantitative estimate of drug-likeness (QED) is 0.816. The van der Waals surface area contributed by atoms with Gasteiger partial charge in [0.05, 0.1) is 11.2 Å². The van der Waals surface area contributed by atoms with Crippen LogP contribution in [0.25, 0.3) is 11.1 Å². The first kappa shape index (κ1) is 21.5. The lowest BCUT2D eigenvalue weighted by Gasteiger charge is -2.25. The van der Waals surface area contributed by atoms with Crippen molar-refractivity contribution < 1.29 is 13.2 Å². The average Bonchev–Trinajstić information content (AvgIpc) is 2.85. The molecule has 1 aliphatic heterocycles. The van der Waals surface area contributed by atoms with Crippen molar-refractivity contribution in [1.29, 1.82) is 0 Å². The van der Waals surface area contributed by atoms with Crippen LogP contribution in [0.1, 0.15) is 30.5 Å². The second-order valence-electron chi connectivity index (χ2n) is 8.12. The van der Waals surface area contributed by atoms with E-state index in [0.29, 0.717) is 19.5 Å². The van der Waals surface area contributed by atoms with Gasteiger partial charge in [-0.05, 0) is 56.4 Å². The van der Waals surface area contributed by atoms with E-state index in [0.717, 1.165) is 16.7 Å². The second-order valence-corrected chi connectivity index (χ2v) is 10.6. The molecule has 0 spiro atoms. The van der Waals surface area contributed by atoms with E-state index < -0.39 is 21.2 Å². The van der Waals surface area contributed by atoms with Gasteiger partial charge in [0, 0.05) is 19.6 Å². The highest BCUT2D eigenvalue weighted by Gasteiger charge is 2.33. The molecule has 0 unspecified atom stereocenters. The molecule has 0 bridgehead atoms. The van der Waals surface area contributed by atoms with Gasteiger partial charge in [-0.1, -0.05) is 48.0 Å². The number of rotatable bonds is 5.